The van der Waals surface area contributed by atoms with Crippen molar-refractivity contribution in [2.45, 2.75) is 65.0 Å². The molecule has 0 spiro atoms. The van der Waals surface area contributed by atoms with Gasteiger partial charge < -0.3 is 20.1 Å². The number of carboxylic acid groups (broad SMARTS) is 1. The van der Waals surface area contributed by atoms with E-state index in [1.807, 2.05) is 48.5 Å². The minimum atomic E-state index is -0.942. The van der Waals surface area contributed by atoms with Gasteiger partial charge in [0, 0.05) is 23.2 Å². The Balaban J connectivity index is 1.40. The number of aliphatic carboxylic acids is 1. The number of hydrogen-bond acceptors (Lipinski definition) is 4. The van der Waals surface area contributed by atoms with E-state index in [-0.39, 0.29) is 30.3 Å². The number of benzene rings is 3. The predicted octanol–water partition coefficient (Wildman–Crippen LogP) is 7.88. The Hall–Kier alpha value is -3.84. The maximum atomic E-state index is 12.5. The van der Waals surface area contributed by atoms with Crippen LogP contribution >= 0.6 is 11.6 Å². The molecule has 1 aliphatic heterocycles. The van der Waals surface area contributed by atoms with Gasteiger partial charge in [0.25, 0.3) is 11.9 Å². The summed E-state index contributed by atoms with van der Waals surface area (Å²) >= 11 is 6.25. The number of carboxylic acids is 1. The average Bonchev–Trinajstić information content (AvgIpc) is 3.40. The highest BCUT2D eigenvalue weighted by Crippen LogP contribution is 2.42. The molecule has 1 aliphatic carbocycles. The summed E-state index contributed by atoms with van der Waals surface area (Å²) in [5.41, 5.74) is 4.71. The van der Waals surface area contributed by atoms with Crippen LogP contribution in [0.2, 0.25) is 5.02 Å². The molecule has 0 radical (unpaired) electrons. The van der Waals surface area contributed by atoms with Gasteiger partial charge in [-0.05, 0) is 90.1 Å². The molecule has 5 rings (SSSR count). The molecule has 1 saturated heterocycles. The molecular formula is C35H40ClN3O4. The second kappa shape index (κ2) is 13.2. The second-order valence-corrected chi connectivity index (χ2v) is 13.0. The first-order chi connectivity index (χ1) is 20.6. The number of nitrogens with zero attached hydrogens (tertiary/aromatic N) is 2. The van der Waals surface area contributed by atoms with Gasteiger partial charge in [0.15, 0.2) is 0 Å². The lowest BCUT2D eigenvalue weighted by molar-refractivity contribution is -0.136. The lowest BCUT2D eigenvalue weighted by atomic mass is 9.71. The van der Waals surface area contributed by atoms with Gasteiger partial charge in [-0.1, -0.05) is 68.8 Å². The molecule has 3 aromatic rings. The number of ether oxygens (including phenoxy) is 1. The molecule has 0 aromatic heterocycles. The highest BCUT2D eigenvalue weighted by molar-refractivity contribution is 6.30. The summed E-state index contributed by atoms with van der Waals surface area (Å²) in [6.45, 7) is 7.56. The van der Waals surface area contributed by atoms with Gasteiger partial charge >= 0.3 is 5.97 Å². The van der Waals surface area contributed by atoms with Crippen molar-refractivity contribution in [3.63, 3.8) is 0 Å². The number of carbonyl (C=O) groups is 2. The summed E-state index contributed by atoms with van der Waals surface area (Å²) in [5.74, 6) is -0.545. The number of nitrogens with one attached hydrogen (secondary N) is 1. The number of carbonyl (C=O) groups excluding carboxylic acids is 1. The molecule has 43 heavy (non-hydrogen) atoms. The van der Waals surface area contributed by atoms with Crippen molar-refractivity contribution in [2.24, 2.45) is 16.3 Å². The zero-order valence-electron chi connectivity index (χ0n) is 25.1. The summed E-state index contributed by atoms with van der Waals surface area (Å²) < 4.78 is 6.32. The van der Waals surface area contributed by atoms with Gasteiger partial charge in [-0.15, -0.1) is 0 Å². The standard InChI is InChI=1S/C35H40ClN3O4/c1-35(2,3)27-14-16-30(17-15-27)39-31(23-10-12-24(13-11-23)33(42)37-19-18-32(40)41)22-43-34(39)38-29-9-5-7-26(21-29)25-6-4-8-28(36)20-25/h4-13,20-21,27,30-31H,14-19,22H2,1-3H3,(H,37,42)(H,40,41). The fourth-order valence-electron chi connectivity index (χ4n) is 6.19. The molecule has 0 bridgehead atoms. The topological polar surface area (TPSA) is 91.2 Å². The van der Waals surface area contributed by atoms with E-state index in [2.05, 4.69) is 43.1 Å². The number of rotatable bonds is 8. The van der Waals surface area contributed by atoms with E-state index < -0.39 is 5.97 Å². The molecule has 2 aliphatic rings. The van der Waals surface area contributed by atoms with Crippen LogP contribution in [-0.4, -0.2) is 47.1 Å². The third-order valence-corrected chi connectivity index (χ3v) is 8.89. The Kier molecular flexibility index (Phi) is 9.40. The third-order valence-electron chi connectivity index (χ3n) is 8.65. The molecular weight excluding hydrogens is 562 g/mol. The number of aliphatic imine (C=N–C) groups is 1. The predicted molar refractivity (Wildman–Crippen MR) is 171 cm³/mol. The summed E-state index contributed by atoms with van der Waals surface area (Å²) in [6.07, 6.45) is 4.33. The summed E-state index contributed by atoms with van der Waals surface area (Å²) in [5, 5.41) is 12.2. The van der Waals surface area contributed by atoms with Gasteiger partial charge in [0.05, 0.1) is 18.2 Å². The monoisotopic (exact) mass is 601 g/mol. The highest BCUT2D eigenvalue weighted by atomic mass is 35.5. The van der Waals surface area contributed by atoms with E-state index in [4.69, 9.17) is 26.4 Å². The highest BCUT2D eigenvalue weighted by Gasteiger charge is 2.40. The fourth-order valence-corrected chi connectivity index (χ4v) is 6.38. The number of amides is 1. The van der Waals surface area contributed by atoms with Crippen molar-refractivity contribution < 1.29 is 19.4 Å². The average molecular weight is 602 g/mol. The summed E-state index contributed by atoms with van der Waals surface area (Å²) in [4.78, 5) is 30.7. The molecule has 7 nitrogen and oxygen atoms in total. The molecule has 8 heteroatoms. The number of hydrogen-bond donors (Lipinski definition) is 2. The molecule has 1 unspecified atom stereocenters. The van der Waals surface area contributed by atoms with E-state index >= 15 is 0 Å². The Bertz CT molecular complexity index is 1470. The molecule has 1 saturated carbocycles. The smallest absolute Gasteiger partial charge is 0.305 e. The molecule has 1 atom stereocenters. The number of halogens is 1. The third kappa shape index (κ3) is 7.57. The van der Waals surface area contributed by atoms with E-state index in [1.54, 1.807) is 12.1 Å². The van der Waals surface area contributed by atoms with Crippen molar-refractivity contribution in [3.8, 4) is 11.1 Å². The van der Waals surface area contributed by atoms with E-state index in [0.29, 0.717) is 35.2 Å². The Labute approximate surface area is 258 Å². The largest absolute Gasteiger partial charge is 0.481 e. The fraction of sp³-hybridized carbons (Fsp3) is 0.400. The van der Waals surface area contributed by atoms with Gasteiger partial charge in [-0.2, -0.15) is 4.99 Å². The first kappa shape index (κ1) is 30.6. The summed E-state index contributed by atoms with van der Waals surface area (Å²) in [6, 6.07) is 24.3. The van der Waals surface area contributed by atoms with Gasteiger partial charge in [0.1, 0.15) is 6.61 Å². The second-order valence-electron chi connectivity index (χ2n) is 12.6. The molecule has 1 amide bonds. The maximum Gasteiger partial charge on any atom is 0.305 e. The van der Waals surface area contributed by atoms with E-state index in [9.17, 15) is 9.59 Å². The first-order valence-corrected chi connectivity index (χ1v) is 15.4. The van der Waals surface area contributed by atoms with Gasteiger partial charge in [0.2, 0.25) is 0 Å². The first-order valence-electron chi connectivity index (χ1n) is 15.0. The molecule has 226 valence electrons. The van der Waals surface area contributed by atoms with Crippen molar-refractivity contribution in [1.29, 1.82) is 0 Å². The van der Waals surface area contributed by atoms with Gasteiger partial charge in [-0.3, -0.25) is 9.59 Å². The van der Waals surface area contributed by atoms with Crippen LogP contribution < -0.4 is 5.32 Å². The zero-order chi connectivity index (χ0) is 30.6. The molecule has 3 aromatic carbocycles. The lowest BCUT2D eigenvalue weighted by Gasteiger charge is -2.41. The normalized spacial score (nSPS) is 21.4. The Morgan fingerprint density at radius 2 is 1.65 bits per heavy atom. The van der Waals surface area contributed by atoms with Crippen LogP contribution in [0.5, 0.6) is 0 Å². The lowest BCUT2D eigenvalue weighted by Crippen LogP contribution is -2.42. The van der Waals surface area contributed by atoms with Crippen LogP contribution in [0.3, 0.4) is 0 Å². The van der Waals surface area contributed by atoms with Crippen LogP contribution in [0.4, 0.5) is 5.69 Å². The van der Waals surface area contributed by atoms with Crippen molar-refractivity contribution in [2.75, 3.05) is 13.2 Å². The summed E-state index contributed by atoms with van der Waals surface area (Å²) in [7, 11) is 0. The quantitative estimate of drug-likeness (QED) is 0.274. The Morgan fingerprint density at radius 1 is 0.977 bits per heavy atom. The van der Waals surface area contributed by atoms with Crippen molar-refractivity contribution in [3.05, 3.63) is 88.9 Å². The van der Waals surface area contributed by atoms with Crippen molar-refractivity contribution >= 4 is 35.2 Å². The minimum Gasteiger partial charge on any atom is -0.481 e. The SMILES string of the molecule is CC(C)(C)C1CCC(N2C(=Nc3cccc(-c4cccc(Cl)c4)c3)OCC2c2ccc(C(=O)NCCC(=O)O)cc2)CC1. The van der Waals surface area contributed by atoms with Crippen molar-refractivity contribution in [1.82, 2.24) is 10.2 Å². The minimum absolute atomic E-state index is 0.0322. The van der Waals surface area contributed by atoms with Gasteiger partial charge in [-0.25, -0.2) is 0 Å². The van der Waals surface area contributed by atoms with Crippen LogP contribution in [0.25, 0.3) is 11.1 Å². The maximum absolute atomic E-state index is 12.5. The van der Waals surface area contributed by atoms with Crippen LogP contribution in [0, 0.1) is 11.3 Å². The van der Waals surface area contributed by atoms with Crippen LogP contribution in [0.15, 0.2) is 77.8 Å². The molecule has 2 fully saturated rings. The Morgan fingerprint density at radius 3 is 2.30 bits per heavy atom. The van der Waals surface area contributed by atoms with E-state index in [0.717, 1.165) is 48.1 Å². The van der Waals surface area contributed by atoms with Crippen LogP contribution in [0.1, 0.15) is 74.8 Å². The number of amidine groups is 1. The van der Waals surface area contributed by atoms with Crippen LogP contribution in [-0.2, 0) is 9.53 Å². The molecule has 1 heterocycles. The zero-order valence-corrected chi connectivity index (χ0v) is 25.8. The van der Waals surface area contributed by atoms with E-state index in [1.165, 1.54) is 0 Å². The molecule has 2 N–H and O–H groups in total.